The van der Waals surface area contributed by atoms with Gasteiger partial charge in [0.2, 0.25) is 10.0 Å². The summed E-state index contributed by atoms with van der Waals surface area (Å²) in [4.78, 5) is 4.66. The molecule has 7 heteroatoms. The van der Waals surface area contributed by atoms with E-state index in [-0.39, 0.29) is 6.04 Å². The van der Waals surface area contributed by atoms with Crippen LogP contribution in [0.2, 0.25) is 0 Å². The van der Waals surface area contributed by atoms with Gasteiger partial charge in [-0.15, -0.1) is 0 Å². The predicted molar refractivity (Wildman–Crippen MR) is 102 cm³/mol. The molecule has 0 heterocycles. The smallest absolute Gasteiger partial charge is 0.243 e. The Morgan fingerprint density at radius 2 is 1.84 bits per heavy atom. The number of sulfonamides is 1. The van der Waals surface area contributed by atoms with Crippen LogP contribution >= 0.6 is 0 Å². The van der Waals surface area contributed by atoms with Crippen LogP contribution in [0.25, 0.3) is 0 Å². The predicted octanol–water partition coefficient (Wildman–Crippen LogP) is 2.45. The molecule has 2 rings (SSSR count). The van der Waals surface area contributed by atoms with Crippen LogP contribution in [0.15, 0.2) is 34.2 Å². The van der Waals surface area contributed by atoms with E-state index in [2.05, 4.69) is 10.3 Å². The van der Waals surface area contributed by atoms with Gasteiger partial charge in [-0.25, -0.2) is 13.4 Å². The number of rotatable bonds is 6. The van der Waals surface area contributed by atoms with Gasteiger partial charge in [-0.2, -0.15) is 4.31 Å². The number of benzene rings is 1. The minimum absolute atomic E-state index is 0.0834. The van der Waals surface area contributed by atoms with E-state index < -0.39 is 10.0 Å². The molecule has 25 heavy (non-hydrogen) atoms. The zero-order chi connectivity index (χ0) is 18.4. The van der Waals surface area contributed by atoms with Crippen LogP contribution in [0.1, 0.15) is 51.5 Å². The first-order chi connectivity index (χ1) is 11.8. The molecule has 0 spiro atoms. The van der Waals surface area contributed by atoms with E-state index in [0.717, 1.165) is 18.4 Å². The number of hydrogen-bond donors (Lipinski definition) is 2. The number of nitrogens with zero attached hydrogens (tertiary/aromatic N) is 2. The van der Waals surface area contributed by atoms with Crippen LogP contribution in [0, 0.1) is 0 Å². The Balaban J connectivity index is 1.96. The van der Waals surface area contributed by atoms with E-state index in [1.807, 2.05) is 13.8 Å². The molecule has 0 unspecified atom stereocenters. The Labute approximate surface area is 151 Å². The molecule has 1 aliphatic rings. The van der Waals surface area contributed by atoms with Gasteiger partial charge in [0.1, 0.15) is 0 Å². The van der Waals surface area contributed by atoms with Gasteiger partial charge < -0.3 is 11.1 Å². The molecule has 1 fully saturated rings. The van der Waals surface area contributed by atoms with E-state index in [9.17, 15) is 8.42 Å². The fraction of sp³-hybridized carbons (Fsp3) is 0.611. The van der Waals surface area contributed by atoms with Gasteiger partial charge in [0, 0.05) is 19.1 Å². The highest BCUT2D eigenvalue weighted by atomic mass is 32.2. The maximum atomic E-state index is 12.4. The van der Waals surface area contributed by atoms with Crippen molar-refractivity contribution >= 4 is 16.0 Å². The van der Waals surface area contributed by atoms with Crippen LogP contribution in [-0.2, 0) is 16.6 Å². The lowest BCUT2D eigenvalue weighted by molar-refractivity contribution is 0.410. The van der Waals surface area contributed by atoms with E-state index in [0.29, 0.717) is 23.4 Å². The van der Waals surface area contributed by atoms with Crippen molar-refractivity contribution in [3.8, 4) is 0 Å². The fourth-order valence-electron chi connectivity index (χ4n) is 2.89. The summed E-state index contributed by atoms with van der Waals surface area (Å²) in [5.41, 5.74) is 6.89. The average molecular weight is 367 g/mol. The maximum Gasteiger partial charge on any atom is 0.243 e. The SMILES string of the molecule is CC(C)N(C)S(=O)(=O)c1ccc(CN=C(N)NC2CCCCC2)cc1. The third-order valence-corrected chi connectivity index (χ3v) is 6.76. The molecule has 1 aromatic carbocycles. The summed E-state index contributed by atoms with van der Waals surface area (Å²) in [6.45, 7) is 4.14. The number of hydrogen-bond acceptors (Lipinski definition) is 3. The van der Waals surface area contributed by atoms with Crippen molar-refractivity contribution in [1.29, 1.82) is 0 Å². The van der Waals surface area contributed by atoms with Crippen LogP contribution in [0.3, 0.4) is 0 Å². The molecule has 0 atom stereocenters. The van der Waals surface area contributed by atoms with E-state index in [1.165, 1.54) is 23.6 Å². The molecule has 3 N–H and O–H groups in total. The summed E-state index contributed by atoms with van der Waals surface area (Å²) in [7, 11) is -1.85. The second-order valence-electron chi connectivity index (χ2n) is 6.94. The van der Waals surface area contributed by atoms with Crippen molar-refractivity contribution in [3.05, 3.63) is 29.8 Å². The van der Waals surface area contributed by atoms with Crippen molar-refractivity contribution in [3.63, 3.8) is 0 Å². The van der Waals surface area contributed by atoms with Gasteiger partial charge >= 0.3 is 0 Å². The third kappa shape index (κ3) is 5.44. The highest BCUT2D eigenvalue weighted by Crippen LogP contribution is 2.18. The van der Waals surface area contributed by atoms with Gasteiger partial charge in [-0.1, -0.05) is 31.4 Å². The van der Waals surface area contributed by atoms with Gasteiger partial charge in [0.25, 0.3) is 0 Å². The van der Waals surface area contributed by atoms with Gasteiger partial charge in [0.05, 0.1) is 11.4 Å². The first-order valence-electron chi connectivity index (χ1n) is 8.94. The molecular formula is C18H30N4O2S. The standard InChI is InChI=1S/C18H30N4O2S/c1-14(2)22(3)25(23,24)17-11-9-15(10-12-17)13-20-18(19)21-16-7-5-4-6-8-16/h9-12,14,16H,4-8,13H2,1-3H3,(H3,19,20,21). The van der Waals surface area contributed by atoms with Gasteiger partial charge in [-0.05, 0) is 44.4 Å². The van der Waals surface area contributed by atoms with E-state index >= 15 is 0 Å². The number of nitrogens with two attached hydrogens (primary N) is 1. The summed E-state index contributed by atoms with van der Waals surface area (Å²) in [5.74, 6) is 0.461. The quantitative estimate of drug-likeness (QED) is 0.598. The Bertz CT molecular complexity index is 678. The molecule has 0 bridgehead atoms. The second-order valence-corrected chi connectivity index (χ2v) is 8.94. The fourth-order valence-corrected chi connectivity index (χ4v) is 4.26. The van der Waals surface area contributed by atoms with Crippen molar-refractivity contribution in [2.24, 2.45) is 10.7 Å². The van der Waals surface area contributed by atoms with Crippen LogP contribution in [0.5, 0.6) is 0 Å². The molecule has 0 aliphatic heterocycles. The first-order valence-corrected chi connectivity index (χ1v) is 10.4. The van der Waals surface area contributed by atoms with Crippen LogP contribution in [-0.4, -0.2) is 37.8 Å². The summed E-state index contributed by atoms with van der Waals surface area (Å²) >= 11 is 0. The molecule has 0 radical (unpaired) electrons. The lowest BCUT2D eigenvalue weighted by Crippen LogP contribution is -2.41. The topological polar surface area (TPSA) is 87.8 Å². The van der Waals surface area contributed by atoms with E-state index in [1.54, 1.807) is 31.3 Å². The molecule has 1 saturated carbocycles. The lowest BCUT2D eigenvalue weighted by atomic mass is 9.96. The zero-order valence-corrected chi connectivity index (χ0v) is 16.2. The molecule has 140 valence electrons. The average Bonchev–Trinajstić information content (AvgIpc) is 2.60. The molecule has 0 aromatic heterocycles. The minimum Gasteiger partial charge on any atom is -0.370 e. The largest absolute Gasteiger partial charge is 0.370 e. The van der Waals surface area contributed by atoms with Crippen LogP contribution in [0.4, 0.5) is 0 Å². The Morgan fingerprint density at radius 1 is 1.24 bits per heavy atom. The third-order valence-electron chi connectivity index (χ3n) is 4.72. The lowest BCUT2D eigenvalue weighted by Gasteiger charge is -2.23. The minimum atomic E-state index is -3.44. The first kappa shape index (κ1) is 19.7. The Morgan fingerprint density at radius 3 is 2.40 bits per heavy atom. The van der Waals surface area contributed by atoms with Crippen LogP contribution < -0.4 is 11.1 Å². The molecule has 0 saturated heterocycles. The highest BCUT2D eigenvalue weighted by Gasteiger charge is 2.22. The summed E-state index contributed by atoms with van der Waals surface area (Å²) in [5, 5.41) is 3.28. The Hall–Kier alpha value is -1.60. The summed E-state index contributed by atoms with van der Waals surface area (Å²) in [6.07, 6.45) is 6.08. The number of aliphatic imine (C=N–C) groups is 1. The van der Waals surface area contributed by atoms with Crippen molar-refractivity contribution in [1.82, 2.24) is 9.62 Å². The summed E-state index contributed by atoms with van der Waals surface area (Å²) in [6, 6.07) is 7.18. The molecule has 1 aromatic rings. The van der Waals surface area contributed by atoms with Crippen molar-refractivity contribution in [2.45, 2.75) is 69.5 Å². The number of guanidine groups is 1. The van der Waals surface area contributed by atoms with Gasteiger partial charge in [-0.3, -0.25) is 0 Å². The second kappa shape index (κ2) is 8.67. The highest BCUT2D eigenvalue weighted by molar-refractivity contribution is 7.89. The van der Waals surface area contributed by atoms with Gasteiger partial charge in [0.15, 0.2) is 5.96 Å². The zero-order valence-electron chi connectivity index (χ0n) is 15.4. The van der Waals surface area contributed by atoms with Crippen molar-refractivity contribution in [2.75, 3.05) is 7.05 Å². The molecule has 6 nitrogen and oxygen atoms in total. The normalized spacial score (nSPS) is 17.2. The number of nitrogens with one attached hydrogen (secondary N) is 1. The molecular weight excluding hydrogens is 336 g/mol. The monoisotopic (exact) mass is 366 g/mol. The van der Waals surface area contributed by atoms with E-state index in [4.69, 9.17) is 5.73 Å². The Kier molecular flexibility index (Phi) is 6.84. The summed E-state index contributed by atoms with van der Waals surface area (Å²) < 4.78 is 26.2. The molecule has 0 amide bonds. The maximum absolute atomic E-state index is 12.4. The molecule has 1 aliphatic carbocycles. The van der Waals surface area contributed by atoms with Crippen molar-refractivity contribution < 1.29 is 8.42 Å².